The molecule has 1 aliphatic rings. The van der Waals surface area contributed by atoms with Crippen molar-refractivity contribution < 1.29 is 14.3 Å². The molecule has 1 aromatic carbocycles. The number of piperazine rings is 1. The van der Waals surface area contributed by atoms with Gasteiger partial charge in [-0.25, -0.2) is 0 Å². The van der Waals surface area contributed by atoms with Crippen LogP contribution in [0.25, 0.3) is 0 Å². The fourth-order valence-corrected chi connectivity index (χ4v) is 3.07. The summed E-state index contributed by atoms with van der Waals surface area (Å²) in [5.41, 5.74) is 1.27. The van der Waals surface area contributed by atoms with E-state index in [0.717, 1.165) is 38.2 Å². The van der Waals surface area contributed by atoms with Crippen LogP contribution in [0.3, 0.4) is 0 Å². The molecule has 0 radical (unpaired) electrons. The molecule has 0 unspecified atom stereocenters. The summed E-state index contributed by atoms with van der Waals surface area (Å²) in [7, 11) is 3.25. The molecule has 0 atom stereocenters. The van der Waals surface area contributed by atoms with E-state index in [4.69, 9.17) is 9.47 Å². The molecule has 1 aromatic rings. The number of aryl methyl sites for hydroxylation is 1. The van der Waals surface area contributed by atoms with Crippen LogP contribution >= 0.6 is 0 Å². The average molecular weight is 334 g/mol. The lowest BCUT2D eigenvalue weighted by Crippen LogP contribution is -2.54. The molecular weight excluding hydrogens is 304 g/mol. The number of carbonyl (C=O) groups excluding carboxylic acids is 1. The Morgan fingerprint density at radius 1 is 1.04 bits per heavy atom. The Labute approximate surface area is 145 Å². The maximum Gasteiger partial charge on any atom is 0.222 e. The molecule has 0 N–H and O–H groups in total. The number of carbonyl (C=O) groups is 1. The number of hydrogen-bond acceptors (Lipinski definition) is 4. The molecule has 2 rings (SSSR count). The monoisotopic (exact) mass is 334 g/mol. The quantitative estimate of drug-likeness (QED) is 0.830. The second kappa shape index (κ2) is 7.88. The molecule has 24 heavy (non-hydrogen) atoms. The summed E-state index contributed by atoms with van der Waals surface area (Å²) in [5, 5.41) is 0. The third-order valence-corrected chi connectivity index (χ3v) is 4.66. The third kappa shape index (κ3) is 4.63. The molecule has 0 spiro atoms. The van der Waals surface area contributed by atoms with E-state index in [1.807, 2.05) is 23.1 Å². The smallest absolute Gasteiger partial charge is 0.222 e. The average Bonchev–Trinajstić information content (AvgIpc) is 2.58. The Kier molecular flexibility index (Phi) is 6.10. The van der Waals surface area contributed by atoms with Crippen molar-refractivity contribution in [3.05, 3.63) is 23.8 Å². The first kappa shape index (κ1) is 18.6. The summed E-state index contributed by atoms with van der Waals surface area (Å²) in [6.45, 7) is 10.2. The number of methoxy groups -OCH3 is 2. The molecule has 1 saturated heterocycles. The first-order valence-electron chi connectivity index (χ1n) is 8.59. The Bertz CT molecular complexity index is 558. The standard InChI is InChI=1S/C19H30N2O3/c1-19(2,3)21-12-10-20(11-13-21)18(22)9-7-15-6-8-16(23-4)17(14-15)24-5/h6,8,14H,7,9-13H2,1-5H3. The SMILES string of the molecule is COc1ccc(CCC(=O)N2CCN(C(C)(C)C)CC2)cc1OC. The summed E-state index contributed by atoms with van der Waals surface area (Å²) in [4.78, 5) is 16.9. The summed E-state index contributed by atoms with van der Waals surface area (Å²) >= 11 is 0. The first-order valence-corrected chi connectivity index (χ1v) is 8.59. The van der Waals surface area contributed by atoms with E-state index in [1.165, 1.54) is 0 Å². The molecular formula is C19H30N2O3. The molecule has 1 amide bonds. The number of benzene rings is 1. The van der Waals surface area contributed by atoms with Crippen LogP contribution in [0, 0.1) is 0 Å². The van der Waals surface area contributed by atoms with Gasteiger partial charge in [-0.1, -0.05) is 6.07 Å². The van der Waals surface area contributed by atoms with E-state index >= 15 is 0 Å². The van der Waals surface area contributed by atoms with Crippen molar-refractivity contribution in [2.75, 3.05) is 40.4 Å². The van der Waals surface area contributed by atoms with Crippen molar-refractivity contribution in [2.45, 2.75) is 39.2 Å². The van der Waals surface area contributed by atoms with Gasteiger partial charge in [-0.05, 0) is 44.9 Å². The number of hydrogen-bond donors (Lipinski definition) is 0. The van der Waals surface area contributed by atoms with Gasteiger partial charge in [-0.2, -0.15) is 0 Å². The van der Waals surface area contributed by atoms with E-state index in [2.05, 4.69) is 25.7 Å². The highest BCUT2D eigenvalue weighted by Gasteiger charge is 2.27. The van der Waals surface area contributed by atoms with Gasteiger partial charge in [-0.15, -0.1) is 0 Å². The van der Waals surface area contributed by atoms with Crippen LogP contribution in [0.15, 0.2) is 18.2 Å². The largest absolute Gasteiger partial charge is 0.493 e. The van der Waals surface area contributed by atoms with Gasteiger partial charge in [0.2, 0.25) is 5.91 Å². The fraction of sp³-hybridized carbons (Fsp3) is 0.632. The normalized spacial score (nSPS) is 16.1. The van der Waals surface area contributed by atoms with Crippen LogP contribution in [0.5, 0.6) is 11.5 Å². The van der Waals surface area contributed by atoms with Crippen molar-refractivity contribution in [1.29, 1.82) is 0 Å². The second-order valence-electron chi connectivity index (χ2n) is 7.23. The third-order valence-electron chi connectivity index (χ3n) is 4.66. The Hall–Kier alpha value is -1.75. The highest BCUT2D eigenvalue weighted by atomic mass is 16.5. The molecule has 1 heterocycles. The Balaban J connectivity index is 1.86. The van der Waals surface area contributed by atoms with Crippen LogP contribution in [0.4, 0.5) is 0 Å². The number of nitrogens with zero attached hydrogens (tertiary/aromatic N) is 2. The lowest BCUT2D eigenvalue weighted by Gasteiger charge is -2.42. The molecule has 5 heteroatoms. The number of amides is 1. The molecule has 0 aliphatic carbocycles. The highest BCUT2D eigenvalue weighted by Crippen LogP contribution is 2.28. The lowest BCUT2D eigenvalue weighted by atomic mass is 10.0. The topological polar surface area (TPSA) is 42.0 Å². The van der Waals surface area contributed by atoms with E-state index < -0.39 is 0 Å². The molecule has 0 saturated carbocycles. The van der Waals surface area contributed by atoms with Crippen molar-refractivity contribution in [3.63, 3.8) is 0 Å². The van der Waals surface area contributed by atoms with Crippen LogP contribution in [-0.2, 0) is 11.2 Å². The van der Waals surface area contributed by atoms with Gasteiger partial charge in [0.1, 0.15) is 0 Å². The summed E-state index contributed by atoms with van der Waals surface area (Å²) in [6.07, 6.45) is 1.25. The Morgan fingerprint density at radius 2 is 1.67 bits per heavy atom. The highest BCUT2D eigenvalue weighted by molar-refractivity contribution is 5.76. The van der Waals surface area contributed by atoms with Gasteiger partial charge in [0.25, 0.3) is 0 Å². The van der Waals surface area contributed by atoms with E-state index in [1.54, 1.807) is 14.2 Å². The van der Waals surface area contributed by atoms with Gasteiger partial charge < -0.3 is 14.4 Å². The molecule has 0 bridgehead atoms. The molecule has 1 fully saturated rings. The van der Waals surface area contributed by atoms with Crippen LogP contribution in [0.2, 0.25) is 0 Å². The van der Waals surface area contributed by atoms with Gasteiger partial charge >= 0.3 is 0 Å². The van der Waals surface area contributed by atoms with Crippen molar-refractivity contribution in [3.8, 4) is 11.5 Å². The molecule has 0 aromatic heterocycles. The van der Waals surface area contributed by atoms with Gasteiger partial charge in [0.05, 0.1) is 14.2 Å². The van der Waals surface area contributed by atoms with Gasteiger partial charge in [0, 0.05) is 38.1 Å². The minimum Gasteiger partial charge on any atom is -0.493 e. The van der Waals surface area contributed by atoms with Gasteiger partial charge in [-0.3, -0.25) is 9.69 Å². The maximum atomic E-state index is 12.5. The molecule has 134 valence electrons. The van der Waals surface area contributed by atoms with Gasteiger partial charge in [0.15, 0.2) is 11.5 Å². The molecule has 5 nitrogen and oxygen atoms in total. The van der Waals surface area contributed by atoms with Crippen molar-refractivity contribution in [2.24, 2.45) is 0 Å². The predicted octanol–water partition coefficient (Wildman–Crippen LogP) is 2.58. The zero-order valence-corrected chi connectivity index (χ0v) is 15.6. The summed E-state index contributed by atoms with van der Waals surface area (Å²) < 4.78 is 10.6. The minimum atomic E-state index is 0.175. The number of ether oxygens (including phenoxy) is 2. The summed E-state index contributed by atoms with van der Waals surface area (Å²) in [6, 6.07) is 5.83. The lowest BCUT2D eigenvalue weighted by molar-refractivity contribution is -0.133. The van der Waals surface area contributed by atoms with E-state index in [0.29, 0.717) is 17.9 Å². The van der Waals surface area contributed by atoms with E-state index in [-0.39, 0.29) is 11.4 Å². The number of rotatable bonds is 5. The summed E-state index contributed by atoms with van der Waals surface area (Å²) in [5.74, 6) is 1.66. The zero-order chi connectivity index (χ0) is 17.7. The van der Waals surface area contributed by atoms with Crippen molar-refractivity contribution in [1.82, 2.24) is 9.80 Å². The van der Waals surface area contributed by atoms with Crippen LogP contribution < -0.4 is 9.47 Å². The molecule has 1 aliphatic heterocycles. The zero-order valence-electron chi connectivity index (χ0n) is 15.6. The Morgan fingerprint density at radius 3 is 2.21 bits per heavy atom. The van der Waals surface area contributed by atoms with E-state index in [9.17, 15) is 4.79 Å². The van der Waals surface area contributed by atoms with Crippen molar-refractivity contribution >= 4 is 5.91 Å². The second-order valence-corrected chi connectivity index (χ2v) is 7.23. The van der Waals surface area contributed by atoms with Crippen LogP contribution in [0.1, 0.15) is 32.8 Å². The fourth-order valence-electron chi connectivity index (χ4n) is 3.07. The minimum absolute atomic E-state index is 0.175. The maximum absolute atomic E-state index is 12.5. The predicted molar refractivity (Wildman–Crippen MR) is 95.8 cm³/mol. The van der Waals surface area contributed by atoms with Crippen LogP contribution in [-0.4, -0.2) is 61.6 Å². The first-order chi connectivity index (χ1) is 11.3.